The molecule has 0 aromatic heterocycles. The minimum Gasteiger partial charge on any atom is -0.465 e. The second-order valence-corrected chi connectivity index (χ2v) is 9.08. The van der Waals surface area contributed by atoms with E-state index < -0.39 is 23.8 Å². The smallest absolute Gasteiger partial charge is 0.330 e. The molecule has 0 bridgehead atoms. The fourth-order valence-corrected chi connectivity index (χ4v) is 2.65. The summed E-state index contributed by atoms with van der Waals surface area (Å²) in [6.07, 6.45) is 0.662. The summed E-state index contributed by atoms with van der Waals surface area (Å²) in [7, 11) is 0. The Bertz CT molecular complexity index is 555. The average Bonchev–Trinajstić information content (AvgIpc) is 2.55. The number of carbonyl (C=O) groups is 4. The predicted molar refractivity (Wildman–Crippen MR) is 108 cm³/mol. The van der Waals surface area contributed by atoms with Gasteiger partial charge >= 0.3 is 17.9 Å². The van der Waals surface area contributed by atoms with Crippen LogP contribution < -0.4 is 5.32 Å². The lowest BCUT2D eigenvalue weighted by Gasteiger charge is -2.33. The third-order valence-electron chi connectivity index (χ3n) is 4.10. The molecule has 29 heavy (non-hydrogen) atoms. The third-order valence-corrected chi connectivity index (χ3v) is 4.10. The topological polar surface area (TPSA) is 108 Å². The highest BCUT2D eigenvalue weighted by molar-refractivity contribution is 6.14. The molecule has 0 spiro atoms. The summed E-state index contributed by atoms with van der Waals surface area (Å²) >= 11 is 0. The number of hydrogen-bond acceptors (Lipinski definition) is 7. The lowest BCUT2D eigenvalue weighted by molar-refractivity contribution is -0.165. The molecule has 8 nitrogen and oxygen atoms in total. The molecule has 0 rings (SSSR count). The van der Waals surface area contributed by atoms with Crippen LogP contribution in [0, 0.1) is 22.7 Å². The Morgan fingerprint density at radius 3 is 1.66 bits per heavy atom. The highest BCUT2D eigenvalue weighted by atomic mass is 16.6. The van der Waals surface area contributed by atoms with E-state index in [1.165, 1.54) is 0 Å². The Morgan fingerprint density at radius 2 is 1.28 bits per heavy atom. The molecule has 0 aromatic carbocycles. The molecule has 0 heterocycles. The zero-order chi connectivity index (χ0) is 22.8. The van der Waals surface area contributed by atoms with Crippen LogP contribution in [0.5, 0.6) is 0 Å². The van der Waals surface area contributed by atoms with Crippen molar-refractivity contribution in [1.29, 1.82) is 0 Å². The Morgan fingerprint density at radius 1 is 0.793 bits per heavy atom. The van der Waals surface area contributed by atoms with Crippen LogP contribution in [-0.4, -0.2) is 50.2 Å². The van der Waals surface area contributed by atoms with E-state index in [1.807, 2.05) is 20.8 Å². The molecule has 0 aliphatic carbocycles. The summed E-state index contributed by atoms with van der Waals surface area (Å²) in [5.74, 6) is -5.13. The Labute approximate surface area is 174 Å². The lowest BCUT2D eigenvalue weighted by atomic mass is 9.72. The summed E-state index contributed by atoms with van der Waals surface area (Å²) in [5.41, 5.74) is -0.315. The highest BCUT2D eigenvalue weighted by Gasteiger charge is 2.37. The Balaban J connectivity index is 4.82. The highest BCUT2D eigenvalue weighted by Crippen LogP contribution is 2.36. The van der Waals surface area contributed by atoms with Crippen molar-refractivity contribution >= 4 is 23.8 Å². The molecule has 0 aromatic rings. The van der Waals surface area contributed by atoms with Crippen LogP contribution in [0.2, 0.25) is 0 Å². The summed E-state index contributed by atoms with van der Waals surface area (Å²) in [6, 6.07) is 0. The van der Waals surface area contributed by atoms with Crippen LogP contribution in [0.3, 0.4) is 0 Å². The molecule has 1 unspecified atom stereocenters. The first-order valence-electron chi connectivity index (χ1n) is 10.0. The molecule has 0 saturated heterocycles. The van der Waals surface area contributed by atoms with E-state index in [0.29, 0.717) is 6.42 Å². The monoisotopic (exact) mass is 415 g/mol. The van der Waals surface area contributed by atoms with Gasteiger partial charge in [-0.3, -0.25) is 19.2 Å². The van der Waals surface area contributed by atoms with Crippen LogP contribution >= 0.6 is 0 Å². The van der Waals surface area contributed by atoms with Crippen molar-refractivity contribution in [2.75, 3.05) is 26.4 Å². The van der Waals surface area contributed by atoms with Gasteiger partial charge < -0.3 is 19.5 Å². The Kier molecular flexibility index (Phi) is 10.9. The van der Waals surface area contributed by atoms with E-state index in [2.05, 4.69) is 26.1 Å². The second-order valence-electron chi connectivity index (χ2n) is 9.08. The van der Waals surface area contributed by atoms with E-state index in [4.69, 9.17) is 14.2 Å². The normalized spacial score (nSPS) is 12.9. The van der Waals surface area contributed by atoms with Gasteiger partial charge in [-0.2, -0.15) is 0 Å². The first-order valence-corrected chi connectivity index (χ1v) is 10.0. The van der Waals surface area contributed by atoms with Gasteiger partial charge in [0.05, 0.1) is 25.7 Å². The van der Waals surface area contributed by atoms with Gasteiger partial charge in [0, 0.05) is 0 Å². The van der Waals surface area contributed by atoms with Crippen LogP contribution in [0.25, 0.3) is 0 Å². The number of rotatable bonds is 10. The van der Waals surface area contributed by atoms with Gasteiger partial charge in [-0.1, -0.05) is 41.5 Å². The largest absolute Gasteiger partial charge is 0.465 e. The van der Waals surface area contributed by atoms with Gasteiger partial charge in [0.15, 0.2) is 0 Å². The van der Waals surface area contributed by atoms with Crippen molar-refractivity contribution in [3.05, 3.63) is 0 Å². The quantitative estimate of drug-likeness (QED) is 0.253. The van der Waals surface area contributed by atoms with E-state index in [9.17, 15) is 19.2 Å². The molecular formula is C21H37NO7. The summed E-state index contributed by atoms with van der Waals surface area (Å²) in [6.45, 7) is 15.2. The maximum Gasteiger partial charge on any atom is 0.330 e. The molecule has 0 saturated carbocycles. The minimum absolute atomic E-state index is 0.0294. The number of amides is 1. The van der Waals surface area contributed by atoms with Gasteiger partial charge in [-0.15, -0.1) is 0 Å². The molecule has 1 amide bonds. The van der Waals surface area contributed by atoms with Crippen LogP contribution in [0.1, 0.15) is 61.8 Å². The SMILES string of the molecule is CCOC(=O)C(C(=O)NCCOC(=O)C(CC(C)(C)C)C(C)(C)C)C(=O)OCC. The summed E-state index contributed by atoms with van der Waals surface area (Å²) in [5, 5.41) is 2.42. The van der Waals surface area contributed by atoms with Crippen molar-refractivity contribution in [2.45, 2.75) is 61.8 Å². The molecule has 0 aliphatic rings. The van der Waals surface area contributed by atoms with Gasteiger partial charge in [-0.25, -0.2) is 0 Å². The number of hydrogen-bond donors (Lipinski definition) is 1. The minimum atomic E-state index is -1.70. The van der Waals surface area contributed by atoms with Crippen LogP contribution in [0.4, 0.5) is 0 Å². The van der Waals surface area contributed by atoms with Crippen molar-refractivity contribution < 1.29 is 33.4 Å². The fraction of sp³-hybridized carbons (Fsp3) is 0.810. The number of ether oxygens (including phenoxy) is 3. The van der Waals surface area contributed by atoms with Crippen molar-refractivity contribution in [2.24, 2.45) is 22.7 Å². The predicted octanol–water partition coefficient (Wildman–Crippen LogP) is 2.49. The average molecular weight is 416 g/mol. The maximum absolute atomic E-state index is 12.5. The first-order chi connectivity index (χ1) is 13.2. The maximum atomic E-state index is 12.5. The van der Waals surface area contributed by atoms with Crippen molar-refractivity contribution in [3.8, 4) is 0 Å². The van der Waals surface area contributed by atoms with Crippen molar-refractivity contribution in [1.82, 2.24) is 5.32 Å². The Hall–Kier alpha value is -2.12. The lowest BCUT2D eigenvalue weighted by Crippen LogP contribution is -2.43. The zero-order valence-electron chi connectivity index (χ0n) is 19.0. The number of carbonyl (C=O) groups excluding carboxylic acids is 4. The molecule has 0 fully saturated rings. The molecule has 8 heteroatoms. The van der Waals surface area contributed by atoms with Crippen LogP contribution in [0.15, 0.2) is 0 Å². The van der Waals surface area contributed by atoms with E-state index in [-0.39, 0.29) is 49.1 Å². The molecule has 1 N–H and O–H groups in total. The number of nitrogens with one attached hydrogen (secondary N) is 1. The molecule has 168 valence electrons. The van der Waals surface area contributed by atoms with Crippen LogP contribution in [-0.2, 0) is 33.4 Å². The van der Waals surface area contributed by atoms with Gasteiger partial charge in [0.25, 0.3) is 0 Å². The molecular weight excluding hydrogens is 378 g/mol. The third kappa shape index (κ3) is 10.3. The van der Waals surface area contributed by atoms with Crippen molar-refractivity contribution in [3.63, 3.8) is 0 Å². The van der Waals surface area contributed by atoms with Gasteiger partial charge in [-0.05, 0) is 31.1 Å². The van der Waals surface area contributed by atoms with E-state index in [1.54, 1.807) is 13.8 Å². The summed E-state index contributed by atoms with van der Waals surface area (Å²) in [4.78, 5) is 48.6. The first kappa shape index (κ1) is 26.9. The summed E-state index contributed by atoms with van der Waals surface area (Å²) < 4.78 is 14.9. The molecule has 0 aliphatic heterocycles. The molecule has 0 radical (unpaired) electrons. The standard InChI is InChI=1S/C21H37NO7/c1-9-27-18(25)15(19(26)28-10-2)16(23)22-11-12-29-17(24)14(21(6,7)8)13-20(3,4)5/h14-15H,9-13H2,1-8H3,(H,22,23). The van der Waals surface area contributed by atoms with E-state index >= 15 is 0 Å². The van der Waals surface area contributed by atoms with E-state index in [0.717, 1.165) is 0 Å². The number of esters is 3. The zero-order valence-corrected chi connectivity index (χ0v) is 19.0. The van der Waals surface area contributed by atoms with Gasteiger partial charge in [0.2, 0.25) is 11.8 Å². The molecule has 1 atom stereocenters. The second kappa shape index (κ2) is 11.8. The van der Waals surface area contributed by atoms with Gasteiger partial charge in [0.1, 0.15) is 6.61 Å². The fourth-order valence-electron chi connectivity index (χ4n) is 2.65.